The SMILES string of the molecule is C=C1CC2(CC(=C)C1(C(C)=O)C(=O)OCC)c1cc(Br)ccc1-c1ccc(Br)cc12. The fraction of sp³-hybridized carbons (Fsp3) is 0.280. The van der Waals surface area contributed by atoms with Gasteiger partial charge in [-0.2, -0.15) is 0 Å². The number of carbonyl (C=O) groups is 2. The van der Waals surface area contributed by atoms with Crippen molar-refractivity contribution in [1.82, 2.24) is 0 Å². The van der Waals surface area contributed by atoms with Crippen LogP contribution in [0.2, 0.25) is 0 Å². The second-order valence-corrected chi connectivity index (χ2v) is 9.88. The highest BCUT2D eigenvalue weighted by atomic mass is 79.9. The zero-order valence-corrected chi connectivity index (χ0v) is 20.2. The van der Waals surface area contributed by atoms with Gasteiger partial charge in [-0.1, -0.05) is 57.2 Å². The number of carbonyl (C=O) groups excluding carboxylic acids is 2. The smallest absolute Gasteiger partial charge is 0.328 e. The van der Waals surface area contributed by atoms with Crippen LogP contribution in [0, 0.1) is 5.41 Å². The first-order chi connectivity index (χ1) is 14.2. The second-order valence-electron chi connectivity index (χ2n) is 8.05. The first kappa shape index (κ1) is 21.3. The Morgan fingerprint density at radius 2 is 1.43 bits per heavy atom. The van der Waals surface area contributed by atoms with Crippen molar-refractivity contribution < 1.29 is 14.3 Å². The molecule has 1 fully saturated rings. The summed E-state index contributed by atoms with van der Waals surface area (Å²) in [6, 6.07) is 12.6. The molecule has 30 heavy (non-hydrogen) atoms. The van der Waals surface area contributed by atoms with E-state index in [1.165, 1.54) is 6.92 Å². The number of ether oxygens (including phenoxy) is 1. The average Bonchev–Trinajstić information content (AvgIpc) is 2.90. The highest BCUT2D eigenvalue weighted by molar-refractivity contribution is 9.10. The molecule has 2 aliphatic carbocycles. The van der Waals surface area contributed by atoms with Gasteiger partial charge in [-0.05, 0) is 84.4 Å². The molecule has 0 aliphatic heterocycles. The van der Waals surface area contributed by atoms with Gasteiger partial charge in [0.2, 0.25) is 0 Å². The lowest BCUT2D eigenvalue weighted by molar-refractivity contribution is -0.155. The number of hydrogen-bond donors (Lipinski definition) is 0. The third-order valence-electron chi connectivity index (χ3n) is 6.49. The van der Waals surface area contributed by atoms with E-state index >= 15 is 0 Å². The second kappa shape index (κ2) is 7.31. The molecule has 0 radical (unpaired) electrons. The Morgan fingerprint density at radius 1 is 0.967 bits per heavy atom. The molecule has 0 saturated heterocycles. The molecule has 0 unspecified atom stereocenters. The Labute approximate surface area is 193 Å². The predicted octanol–water partition coefficient (Wildman–Crippen LogP) is 6.52. The normalized spacial score (nSPS) is 18.1. The van der Waals surface area contributed by atoms with Crippen LogP contribution in [0.3, 0.4) is 0 Å². The summed E-state index contributed by atoms with van der Waals surface area (Å²) in [5, 5.41) is 0. The molecule has 4 rings (SSSR count). The molecule has 2 aromatic carbocycles. The Bertz CT molecular complexity index is 1060. The lowest BCUT2D eigenvalue weighted by Crippen LogP contribution is -2.49. The third kappa shape index (κ3) is 2.75. The molecule has 2 aliphatic rings. The van der Waals surface area contributed by atoms with Gasteiger partial charge in [0.05, 0.1) is 6.61 Å². The molecule has 2 aromatic rings. The topological polar surface area (TPSA) is 43.4 Å². The Morgan fingerprint density at radius 3 is 1.83 bits per heavy atom. The number of fused-ring (bicyclic) bond motifs is 5. The molecule has 0 N–H and O–H groups in total. The quantitative estimate of drug-likeness (QED) is 0.258. The molecule has 0 bridgehead atoms. The number of hydrogen-bond acceptors (Lipinski definition) is 3. The van der Waals surface area contributed by atoms with Crippen molar-refractivity contribution in [2.45, 2.75) is 32.1 Å². The van der Waals surface area contributed by atoms with Gasteiger partial charge >= 0.3 is 5.97 Å². The zero-order chi connectivity index (χ0) is 21.8. The summed E-state index contributed by atoms with van der Waals surface area (Å²) in [4.78, 5) is 25.8. The van der Waals surface area contributed by atoms with Crippen LogP contribution in [-0.2, 0) is 19.7 Å². The summed E-state index contributed by atoms with van der Waals surface area (Å²) in [7, 11) is 0. The number of rotatable bonds is 3. The van der Waals surface area contributed by atoms with E-state index in [-0.39, 0.29) is 12.4 Å². The van der Waals surface area contributed by atoms with Crippen LogP contribution in [0.5, 0.6) is 0 Å². The van der Waals surface area contributed by atoms with Gasteiger partial charge in [-0.3, -0.25) is 9.59 Å². The van der Waals surface area contributed by atoms with E-state index in [0.717, 1.165) is 31.2 Å². The highest BCUT2D eigenvalue weighted by Gasteiger charge is 2.58. The maximum Gasteiger partial charge on any atom is 0.328 e. The van der Waals surface area contributed by atoms with Crippen LogP contribution < -0.4 is 0 Å². The van der Waals surface area contributed by atoms with E-state index in [4.69, 9.17) is 4.74 Å². The number of halogens is 2. The lowest BCUT2D eigenvalue weighted by atomic mass is 9.55. The minimum Gasteiger partial charge on any atom is -0.465 e. The molecule has 1 spiro atoms. The van der Waals surface area contributed by atoms with Crippen LogP contribution >= 0.6 is 31.9 Å². The fourth-order valence-corrected chi connectivity index (χ4v) is 6.02. The summed E-state index contributed by atoms with van der Waals surface area (Å²) >= 11 is 7.22. The van der Waals surface area contributed by atoms with Crippen molar-refractivity contribution >= 4 is 43.6 Å². The molecule has 0 heterocycles. The average molecular weight is 530 g/mol. The van der Waals surface area contributed by atoms with Crippen molar-refractivity contribution in [2.75, 3.05) is 6.61 Å². The van der Waals surface area contributed by atoms with E-state index in [1.54, 1.807) is 6.92 Å². The number of benzene rings is 2. The Kier molecular flexibility index (Phi) is 5.18. The number of ketones is 1. The largest absolute Gasteiger partial charge is 0.465 e. The summed E-state index contributed by atoms with van der Waals surface area (Å²) in [5.74, 6) is -0.850. The summed E-state index contributed by atoms with van der Waals surface area (Å²) in [6.07, 6.45) is 0.939. The Balaban J connectivity index is 1.94. The van der Waals surface area contributed by atoms with Gasteiger partial charge in [-0.15, -0.1) is 0 Å². The molecular formula is C25H22Br2O3. The summed E-state index contributed by atoms with van der Waals surface area (Å²) in [6.45, 7) is 11.9. The highest BCUT2D eigenvalue weighted by Crippen LogP contribution is 2.62. The maximum absolute atomic E-state index is 13.0. The van der Waals surface area contributed by atoms with Crippen LogP contribution in [0.15, 0.2) is 69.6 Å². The first-order valence-electron chi connectivity index (χ1n) is 9.83. The number of esters is 1. The molecule has 0 amide bonds. The van der Waals surface area contributed by atoms with Gasteiger partial charge in [-0.25, -0.2) is 0 Å². The van der Waals surface area contributed by atoms with Crippen molar-refractivity contribution in [3.8, 4) is 11.1 Å². The van der Waals surface area contributed by atoms with Crippen LogP contribution in [0.25, 0.3) is 11.1 Å². The zero-order valence-electron chi connectivity index (χ0n) is 17.0. The molecule has 3 nitrogen and oxygen atoms in total. The van der Waals surface area contributed by atoms with Crippen molar-refractivity contribution in [3.05, 3.63) is 80.8 Å². The fourth-order valence-electron chi connectivity index (χ4n) is 5.30. The standard InChI is InChI=1S/C25H22Br2O3/c1-5-30-23(29)25(16(4)28)14(2)12-24(13-15(25)3)21-10-17(26)6-8-19(21)20-9-7-18(27)11-22(20)24/h6-11H,2-3,5,12-13H2,1,4H3. The lowest BCUT2D eigenvalue weighted by Gasteiger charge is -2.46. The van der Waals surface area contributed by atoms with Crippen LogP contribution in [0.1, 0.15) is 37.8 Å². The van der Waals surface area contributed by atoms with Crippen molar-refractivity contribution in [1.29, 1.82) is 0 Å². The molecule has 0 atom stereocenters. The monoisotopic (exact) mass is 528 g/mol. The molecule has 154 valence electrons. The van der Waals surface area contributed by atoms with Gasteiger partial charge < -0.3 is 4.74 Å². The minimum atomic E-state index is -1.48. The minimum absolute atomic E-state index is 0.200. The Hall–Kier alpha value is -1.98. The van der Waals surface area contributed by atoms with E-state index < -0.39 is 16.8 Å². The van der Waals surface area contributed by atoms with E-state index in [1.807, 2.05) is 12.1 Å². The van der Waals surface area contributed by atoms with Gasteiger partial charge in [0.1, 0.15) is 0 Å². The van der Waals surface area contributed by atoms with Gasteiger partial charge in [0.15, 0.2) is 11.2 Å². The molecule has 0 aromatic heterocycles. The van der Waals surface area contributed by atoms with E-state index in [0.29, 0.717) is 24.0 Å². The van der Waals surface area contributed by atoms with Crippen molar-refractivity contribution in [3.63, 3.8) is 0 Å². The molecular weight excluding hydrogens is 508 g/mol. The van der Waals surface area contributed by atoms with Crippen LogP contribution in [0.4, 0.5) is 0 Å². The van der Waals surface area contributed by atoms with E-state index in [9.17, 15) is 9.59 Å². The third-order valence-corrected chi connectivity index (χ3v) is 7.47. The molecule has 1 saturated carbocycles. The maximum atomic E-state index is 13.0. The first-order valence-corrected chi connectivity index (χ1v) is 11.4. The van der Waals surface area contributed by atoms with Gasteiger partial charge in [0, 0.05) is 14.4 Å². The van der Waals surface area contributed by atoms with Crippen LogP contribution in [-0.4, -0.2) is 18.4 Å². The van der Waals surface area contributed by atoms with Crippen molar-refractivity contribution in [2.24, 2.45) is 5.41 Å². The molecule has 5 heteroatoms. The number of Topliss-reactive ketones (excluding diaryl/α,β-unsaturated/α-hetero) is 1. The van der Waals surface area contributed by atoms with E-state index in [2.05, 4.69) is 69.3 Å². The predicted molar refractivity (Wildman–Crippen MR) is 125 cm³/mol. The summed E-state index contributed by atoms with van der Waals surface area (Å²) < 4.78 is 7.29. The van der Waals surface area contributed by atoms with Gasteiger partial charge in [0.25, 0.3) is 0 Å². The summed E-state index contributed by atoms with van der Waals surface area (Å²) in [5.41, 5.74) is 3.81.